The van der Waals surface area contributed by atoms with E-state index in [1.54, 1.807) is 6.20 Å². The van der Waals surface area contributed by atoms with Gasteiger partial charge in [-0.2, -0.15) is 0 Å². The number of nitrogens with zero attached hydrogens (tertiary/aromatic N) is 1. The van der Waals surface area contributed by atoms with E-state index in [9.17, 15) is 0 Å². The highest BCUT2D eigenvalue weighted by Gasteiger charge is 2.14. The summed E-state index contributed by atoms with van der Waals surface area (Å²) in [4.78, 5) is 4.38. The Morgan fingerprint density at radius 3 is 2.88 bits per heavy atom. The minimum atomic E-state index is 0.306. The van der Waals surface area contributed by atoms with Gasteiger partial charge in [-0.3, -0.25) is 4.98 Å². The molecule has 0 fully saturated rings. The van der Waals surface area contributed by atoms with Crippen molar-refractivity contribution in [3.8, 4) is 22.8 Å². The maximum Gasteiger partial charge on any atom is 0.231 e. The molecule has 1 aliphatic rings. The van der Waals surface area contributed by atoms with E-state index >= 15 is 0 Å². The number of rotatable bonds is 1. The first-order valence-corrected chi connectivity index (χ1v) is 5.16. The van der Waals surface area contributed by atoms with Gasteiger partial charge in [-0.15, -0.1) is 0 Å². The van der Waals surface area contributed by atoms with Gasteiger partial charge >= 0.3 is 0 Å². The summed E-state index contributed by atoms with van der Waals surface area (Å²) in [5, 5.41) is 0. The Bertz CT molecular complexity index is 537. The van der Waals surface area contributed by atoms with Crippen LogP contribution in [0.4, 0.5) is 0 Å². The highest BCUT2D eigenvalue weighted by atomic mass is 16.7. The predicted octanol–water partition coefficient (Wildman–Crippen LogP) is 2.79. The first-order chi connectivity index (χ1) is 7.84. The molecule has 16 heavy (non-hydrogen) atoms. The lowest BCUT2D eigenvalue weighted by atomic mass is 10.1. The van der Waals surface area contributed by atoms with Crippen molar-refractivity contribution in [3.63, 3.8) is 0 Å². The van der Waals surface area contributed by atoms with E-state index in [2.05, 4.69) is 4.98 Å². The van der Waals surface area contributed by atoms with Crippen LogP contribution in [-0.4, -0.2) is 11.8 Å². The molecule has 0 amide bonds. The standard InChI is InChI=1S/C13H11NO2/c1-9-3-2-6-14-13(9)10-4-5-11-12(7-10)16-8-15-11/h2-7H,8H2,1H3. The van der Waals surface area contributed by atoms with Crippen LogP contribution in [0.3, 0.4) is 0 Å². The second-order valence-corrected chi connectivity index (χ2v) is 3.74. The zero-order chi connectivity index (χ0) is 11.0. The average molecular weight is 213 g/mol. The second-order valence-electron chi connectivity index (χ2n) is 3.74. The highest BCUT2D eigenvalue weighted by Crippen LogP contribution is 2.35. The second kappa shape index (κ2) is 3.52. The Labute approximate surface area is 93.7 Å². The third-order valence-electron chi connectivity index (χ3n) is 2.66. The molecular weight excluding hydrogens is 202 g/mol. The SMILES string of the molecule is Cc1cccnc1-c1ccc2c(c1)OCO2. The van der Waals surface area contributed by atoms with Crippen LogP contribution in [0, 0.1) is 6.92 Å². The lowest BCUT2D eigenvalue weighted by Gasteiger charge is -2.05. The average Bonchev–Trinajstić information content (AvgIpc) is 2.76. The van der Waals surface area contributed by atoms with E-state index in [1.165, 1.54) is 0 Å². The molecule has 0 saturated heterocycles. The van der Waals surface area contributed by atoms with Crippen LogP contribution < -0.4 is 9.47 Å². The summed E-state index contributed by atoms with van der Waals surface area (Å²) in [7, 11) is 0. The Balaban J connectivity index is 2.11. The largest absolute Gasteiger partial charge is 0.454 e. The number of hydrogen-bond acceptors (Lipinski definition) is 3. The molecule has 1 aromatic heterocycles. The van der Waals surface area contributed by atoms with E-state index in [0.29, 0.717) is 6.79 Å². The van der Waals surface area contributed by atoms with Crippen LogP contribution in [0.1, 0.15) is 5.56 Å². The minimum absolute atomic E-state index is 0.306. The monoisotopic (exact) mass is 213 g/mol. The van der Waals surface area contributed by atoms with E-state index in [4.69, 9.17) is 9.47 Å². The summed E-state index contributed by atoms with van der Waals surface area (Å²) in [5.41, 5.74) is 3.20. The lowest BCUT2D eigenvalue weighted by Crippen LogP contribution is -1.92. The van der Waals surface area contributed by atoms with E-state index in [0.717, 1.165) is 28.3 Å². The maximum atomic E-state index is 5.35. The van der Waals surface area contributed by atoms with Crippen LogP contribution in [0.25, 0.3) is 11.3 Å². The van der Waals surface area contributed by atoms with Gasteiger partial charge in [0.05, 0.1) is 5.69 Å². The smallest absolute Gasteiger partial charge is 0.231 e. The molecule has 80 valence electrons. The normalized spacial score (nSPS) is 12.8. The van der Waals surface area contributed by atoms with Gasteiger partial charge in [0, 0.05) is 11.8 Å². The zero-order valence-corrected chi connectivity index (χ0v) is 8.93. The van der Waals surface area contributed by atoms with E-state index in [-0.39, 0.29) is 0 Å². The fourth-order valence-corrected chi connectivity index (χ4v) is 1.83. The molecular formula is C13H11NO2. The predicted molar refractivity (Wildman–Crippen MR) is 60.5 cm³/mol. The molecule has 0 bridgehead atoms. The Morgan fingerprint density at radius 1 is 1.12 bits per heavy atom. The van der Waals surface area contributed by atoms with Crippen molar-refractivity contribution in [2.45, 2.75) is 6.92 Å². The molecule has 0 aliphatic carbocycles. The quantitative estimate of drug-likeness (QED) is 0.729. The number of aryl methyl sites for hydroxylation is 1. The number of pyridine rings is 1. The molecule has 0 spiro atoms. The number of ether oxygens (including phenoxy) is 2. The van der Waals surface area contributed by atoms with Crippen molar-refractivity contribution in [1.82, 2.24) is 4.98 Å². The van der Waals surface area contributed by atoms with Gasteiger partial charge in [-0.1, -0.05) is 6.07 Å². The van der Waals surface area contributed by atoms with Gasteiger partial charge in [0.15, 0.2) is 11.5 Å². The Kier molecular flexibility index (Phi) is 2.03. The molecule has 1 aromatic carbocycles. The van der Waals surface area contributed by atoms with E-state index in [1.807, 2.05) is 37.3 Å². The summed E-state index contributed by atoms with van der Waals surface area (Å²) < 4.78 is 10.6. The molecule has 3 heteroatoms. The van der Waals surface area contributed by atoms with Gasteiger partial charge < -0.3 is 9.47 Å². The Hall–Kier alpha value is -2.03. The molecule has 0 atom stereocenters. The molecule has 3 nitrogen and oxygen atoms in total. The number of hydrogen-bond donors (Lipinski definition) is 0. The van der Waals surface area contributed by atoms with Crippen molar-refractivity contribution in [2.75, 3.05) is 6.79 Å². The fraction of sp³-hybridized carbons (Fsp3) is 0.154. The van der Waals surface area contributed by atoms with Crippen molar-refractivity contribution < 1.29 is 9.47 Å². The zero-order valence-electron chi connectivity index (χ0n) is 8.93. The van der Waals surface area contributed by atoms with E-state index < -0.39 is 0 Å². The van der Waals surface area contributed by atoms with Crippen LogP contribution in [0.5, 0.6) is 11.5 Å². The van der Waals surface area contributed by atoms with Crippen LogP contribution >= 0.6 is 0 Å². The van der Waals surface area contributed by atoms with Crippen LogP contribution in [0.2, 0.25) is 0 Å². The number of aromatic nitrogens is 1. The van der Waals surface area contributed by atoms with Crippen molar-refractivity contribution in [1.29, 1.82) is 0 Å². The molecule has 0 unspecified atom stereocenters. The van der Waals surface area contributed by atoms with Crippen molar-refractivity contribution >= 4 is 0 Å². The molecule has 2 aromatic rings. The van der Waals surface area contributed by atoms with Crippen LogP contribution in [-0.2, 0) is 0 Å². The molecule has 0 saturated carbocycles. The molecule has 3 rings (SSSR count). The van der Waals surface area contributed by atoms with Gasteiger partial charge in [-0.05, 0) is 36.8 Å². The highest BCUT2D eigenvalue weighted by molar-refractivity contribution is 5.66. The first kappa shape index (κ1) is 9.21. The number of fused-ring (bicyclic) bond motifs is 1. The van der Waals surface area contributed by atoms with Gasteiger partial charge in [0.25, 0.3) is 0 Å². The topological polar surface area (TPSA) is 31.4 Å². The molecule has 0 radical (unpaired) electrons. The third kappa shape index (κ3) is 1.41. The third-order valence-corrected chi connectivity index (χ3v) is 2.66. The van der Waals surface area contributed by atoms with Gasteiger partial charge in [0.2, 0.25) is 6.79 Å². The molecule has 0 N–H and O–H groups in total. The van der Waals surface area contributed by atoms with Crippen molar-refractivity contribution in [2.24, 2.45) is 0 Å². The van der Waals surface area contributed by atoms with Crippen LogP contribution in [0.15, 0.2) is 36.5 Å². The van der Waals surface area contributed by atoms with Gasteiger partial charge in [-0.25, -0.2) is 0 Å². The van der Waals surface area contributed by atoms with Gasteiger partial charge in [0.1, 0.15) is 0 Å². The number of benzene rings is 1. The summed E-state index contributed by atoms with van der Waals surface area (Å²) in [6, 6.07) is 9.88. The molecule has 1 aliphatic heterocycles. The lowest BCUT2D eigenvalue weighted by molar-refractivity contribution is 0.174. The summed E-state index contributed by atoms with van der Waals surface area (Å²) in [5.74, 6) is 1.60. The maximum absolute atomic E-state index is 5.35. The minimum Gasteiger partial charge on any atom is -0.454 e. The first-order valence-electron chi connectivity index (χ1n) is 5.16. The Morgan fingerprint density at radius 2 is 2.00 bits per heavy atom. The molecule has 2 heterocycles. The summed E-state index contributed by atoms with van der Waals surface area (Å²) in [6.45, 7) is 2.35. The summed E-state index contributed by atoms with van der Waals surface area (Å²) >= 11 is 0. The fourth-order valence-electron chi connectivity index (χ4n) is 1.83. The summed E-state index contributed by atoms with van der Waals surface area (Å²) in [6.07, 6.45) is 1.80. The van der Waals surface area contributed by atoms with Crippen molar-refractivity contribution in [3.05, 3.63) is 42.1 Å².